The number of rotatable bonds is 9. The summed E-state index contributed by atoms with van der Waals surface area (Å²) < 4.78 is 43.3. The Labute approximate surface area is 183 Å². The molecule has 0 atom stereocenters. The Morgan fingerprint density at radius 1 is 1.12 bits per heavy atom. The highest BCUT2D eigenvalue weighted by molar-refractivity contribution is 7.99. The fourth-order valence-corrected chi connectivity index (χ4v) is 4.01. The van der Waals surface area contributed by atoms with Crippen LogP contribution in [0.25, 0.3) is 16.7 Å². The van der Waals surface area contributed by atoms with E-state index in [0.29, 0.717) is 39.9 Å². The van der Waals surface area contributed by atoms with E-state index in [2.05, 4.69) is 30.6 Å². The van der Waals surface area contributed by atoms with Crippen LogP contribution in [-0.4, -0.2) is 53.7 Å². The zero-order chi connectivity index (χ0) is 22.6. The quantitative estimate of drug-likeness (QED) is 0.221. The molecule has 0 radical (unpaired) electrons. The van der Waals surface area contributed by atoms with Crippen molar-refractivity contribution in [3.8, 4) is 11.4 Å². The monoisotopic (exact) mass is 465 g/mol. The molecule has 9 nitrogen and oxygen atoms in total. The zero-order valence-electron chi connectivity index (χ0n) is 16.6. The fourth-order valence-electron chi connectivity index (χ4n) is 3.00. The Kier molecular flexibility index (Phi) is 6.44. The van der Waals surface area contributed by atoms with Crippen molar-refractivity contribution in [3.63, 3.8) is 0 Å². The number of tetrazole rings is 1. The Hall–Kier alpha value is -3.35. The number of hydrogen-bond donors (Lipinski definition) is 2. The number of aromatic nitrogens is 7. The molecule has 13 heteroatoms. The summed E-state index contributed by atoms with van der Waals surface area (Å²) in [5.41, 5.74) is 1.09. The number of aryl methyl sites for hydroxylation is 1. The number of ether oxygens (including phenoxy) is 1. The van der Waals surface area contributed by atoms with Crippen molar-refractivity contribution >= 4 is 22.8 Å². The van der Waals surface area contributed by atoms with Gasteiger partial charge in [0.2, 0.25) is 0 Å². The summed E-state index contributed by atoms with van der Waals surface area (Å²) in [4.78, 5) is 20.5. The van der Waals surface area contributed by atoms with E-state index in [1.54, 1.807) is 12.3 Å². The van der Waals surface area contributed by atoms with Gasteiger partial charge in [0.05, 0.1) is 11.2 Å². The molecule has 0 aliphatic carbocycles. The summed E-state index contributed by atoms with van der Waals surface area (Å²) in [6, 6.07) is 7.57. The van der Waals surface area contributed by atoms with Gasteiger partial charge in [-0.15, -0.1) is 5.10 Å². The van der Waals surface area contributed by atoms with Gasteiger partial charge in [-0.25, -0.2) is 10.1 Å². The molecule has 3 heterocycles. The van der Waals surface area contributed by atoms with Crippen LogP contribution in [0, 0.1) is 0 Å². The highest BCUT2D eigenvalue weighted by Crippen LogP contribution is 2.24. The standard InChI is InChI=1S/C19H18F3N7O2S/c20-19(21,22)11-31-13-6-4-12(5-7-13)29-17(30)16-14(8-9-23-16)24-18(29)32-10-2-1-3-15-25-27-28-26-15/h4-9,23H,1-3,10-11H2,(H,25,26,27,28). The number of thioether (sulfide) groups is 1. The van der Waals surface area contributed by atoms with E-state index in [-0.39, 0.29) is 11.3 Å². The lowest BCUT2D eigenvalue weighted by Crippen LogP contribution is -2.22. The molecule has 0 aliphatic heterocycles. The predicted molar refractivity (Wildman–Crippen MR) is 111 cm³/mol. The van der Waals surface area contributed by atoms with E-state index in [4.69, 9.17) is 4.74 Å². The molecule has 0 saturated heterocycles. The number of aromatic amines is 2. The number of unbranched alkanes of at least 4 members (excludes halogenated alkanes) is 1. The van der Waals surface area contributed by atoms with Crippen LogP contribution in [0.4, 0.5) is 13.2 Å². The summed E-state index contributed by atoms with van der Waals surface area (Å²) in [7, 11) is 0. The number of fused-ring (bicyclic) bond motifs is 1. The van der Waals surface area contributed by atoms with E-state index >= 15 is 0 Å². The molecule has 0 bridgehead atoms. The van der Waals surface area contributed by atoms with Crippen molar-refractivity contribution in [3.05, 3.63) is 52.7 Å². The van der Waals surface area contributed by atoms with E-state index < -0.39 is 12.8 Å². The third-order valence-corrected chi connectivity index (χ3v) is 5.50. The van der Waals surface area contributed by atoms with Gasteiger partial charge in [-0.3, -0.25) is 9.36 Å². The number of hydrogen-bond acceptors (Lipinski definition) is 7. The second kappa shape index (κ2) is 9.42. The van der Waals surface area contributed by atoms with Gasteiger partial charge in [0.25, 0.3) is 5.56 Å². The summed E-state index contributed by atoms with van der Waals surface area (Å²) in [5.74, 6) is 1.48. The van der Waals surface area contributed by atoms with Crippen LogP contribution in [0.3, 0.4) is 0 Å². The van der Waals surface area contributed by atoms with E-state index in [1.165, 1.54) is 40.6 Å². The lowest BCUT2D eigenvalue weighted by atomic mass is 10.2. The van der Waals surface area contributed by atoms with Gasteiger partial charge in [-0.2, -0.15) is 13.2 Å². The molecule has 4 aromatic rings. The van der Waals surface area contributed by atoms with Crippen LogP contribution in [0.1, 0.15) is 18.7 Å². The molecular formula is C19H18F3N7O2S. The summed E-state index contributed by atoms with van der Waals surface area (Å²) >= 11 is 1.43. The maximum atomic E-state index is 13.1. The smallest absolute Gasteiger partial charge is 0.422 e. The number of benzene rings is 1. The zero-order valence-corrected chi connectivity index (χ0v) is 17.4. The van der Waals surface area contributed by atoms with Crippen molar-refractivity contribution in [2.24, 2.45) is 0 Å². The minimum atomic E-state index is -4.42. The van der Waals surface area contributed by atoms with Crippen LogP contribution in [-0.2, 0) is 6.42 Å². The molecule has 0 aliphatic rings. The maximum Gasteiger partial charge on any atom is 0.422 e. The lowest BCUT2D eigenvalue weighted by molar-refractivity contribution is -0.153. The molecule has 0 saturated carbocycles. The van der Waals surface area contributed by atoms with Crippen LogP contribution >= 0.6 is 11.8 Å². The topological polar surface area (TPSA) is 114 Å². The van der Waals surface area contributed by atoms with Crippen molar-refractivity contribution in [1.29, 1.82) is 0 Å². The van der Waals surface area contributed by atoms with Gasteiger partial charge >= 0.3 is 6.18 Å². The first kappa shape index (κ1) is 21.9. The first-order valence-corrected chi connectivity index (χ1v) is 10.6. The van der Waals surface area contributed by atoms with E-state index in [9.17, 15) is 18.0 Å². The molecule has 4 rings (SSSR count). The first-order chi connectivity index (χ1) is 15.4. The predicted octanol–water partition coefficient (Wildman–Crippen LogP) is 3.28. The Morgan fingerprint density at radius 3 is 2.66 bits per heavy atom. The van der Waals surface area contributed by atoms with Gasteiger partial charge in [-0.05, 0) is 53.6 Å². The molecule has 32 heavy (non-hydrogen) atoms. The van der Waals surface area contributed by atoms with Gasteiger partial charge in [0.15, 0.2) is 11.8 Å². The van der Waals surface area contributed by atoms with Crippen molar-refractivity contribution in [1.82, 2.24) is 35.2 Å². The molecule has 168 valence electrons. The number of alkyl halides is 3. The number of nitrogens with zero attached hydrogens (tertiary/aromatic N) is 5. The molecular weight excluding hydrogens is 447 g/mol. The number of H-pyrrole nitrogens is 2. The Balaban J connectivity index is 1.51. The summed E-state index contributed by atoms with van der Waals surface area (Å²) in [6.45, 7) is -1.38. The molecule has 2 N–H and O–H groups in total. The average molecular weight is 465 g/mol. The Bertz CT molecular complexity index is 1220. The fraction of sp³-hybridized carbons (Fsp3) is 0.316. The third-order valence-electron chi connectivity index (χ3n) is 4.48. The van der Waals surface area contributed by atoms with Crippen molar-refractivity contribution in [2.75, 3.05) is 12.4 Å². The second-order valence-corrected chi connectivity index (χ2v) is 7.89. The molecule has 0 unspecified atom stereocenters. The van der Waals surface area contributed by atoms with Gasteiger partial charge in [0.1, 0.15) is 17.1 Å². The third kappa shape index (κ3) is 5.28. The van der Waals surface area contributed by atoms with Crippen LogP contribution in [0.15, 0.2) is 46.5 Å². The van der Waals surface area contributed by atoms with Crippen LogP contribution in [0.5, 0.6) is 5.75 Å². The number of halogens is 3. The molecule has 0 spiro atoms. The van der Waals surface area contributed by atoms with Gasteiger partial charge in [-0.1, -0.05) is 11.8 Å². The highest BCUT2D eigenvalue weighted by atomic mass is 32.2. The SMILES string of the molecule is O=c1c2[nH]ccc2nc(SCCCCc2nnn[nH]2)n1-c1ccc(OCC(F)(F)F)cc1. The highest BCUT2D eigenvalue weighted by Gasteiger charge is 2.28. The van der Waals surface area contributed by atoms with Crippen molar-refractivity contribution in [2.45, 2.75) is 30.6 Å². The minimum absolute atomic E-state index is 0.0594. The van der Waals surface area contributed by atoms with Crippen LogP contribution < -0.4 is 10.3 Å². The molecule has 0 amide bonds. The van der Waals surface area contributed by atoms with E-state index in [0.717, 1.165) is 12.8 Å². The minimum Gasteiger partial charge on any atom is -0.484 e. The first-order valence-electron chi connectivity index (χ1n) is 9.66. The lowest BCUT2D eigenvalue weighted by Gasteiger charge is -2.13. The average Bonchev–Trinajstić information content (AvgIpc) is 3.44. The van der Waals surface area contributed by atoms with E-state index in [1.807, 2.05) is 0 Å². The number of nitrogens with one attached hydrogen (secondary N) is 2. The maximum absolute atomic E-state index is 13.1. The normalized spacial score (nSPS) is 11.8. The van der Waals surface area contributed by atoms with Gasteiger partial charge < -0.3 is 9.72 Å². The van der Waals surface area contributed by atoms with Crippen molar-refractivity contribution < 1.29 is 17.9 Å². The molecule has 1 aromatic carbocycles. The van der Waals surface area contributed by atoms with Gasteiger partial charge in [0, 0.05) is 18.4 Å². The largest absolute Gasteiger partial charge is 0.484 e. The van der Waals surface area contributed by atoms with Crippen LogP contribution in [0.2, 0.25) is 0 Å². The summed E-state index contributed by atoms with van der Waals surface area (Å²) in [5, 5.41) is 14.1. The Morgan fingerprint density at radius 2 is 1.94 bits per heavy atom. The molecule has 3 aromatic heterocycles. The second-order valence-electron chi connectivity index (χ2n) is 6.82. The summed E-state index contributed by atoms with van der Waals surface area (Å²) in [6.07, 6.45) is -0.379. The molecule has 0 fully saturated rings.